The van der Waals surface area contributed by atoms with E-state index in [0.717, 1.165) is 36.6 Å². The zero-order valence-electron chi connectivity index (χ0n) is 15.3. The Morgan fingerprint density at radius 2 is 1.96 bits per heavy atom. The second-order valence-corrected chi connectivity index (χ2v) is 6.99. The fourth-order valence-corrected chi connectivity index (χ4v) is 3.72. The molecule has 0 N–H and O–H groups in total. The lowest BCUT2D eigenvalue weighted by Crippen LogP contribution is -2.52. The lowest BCUT2D eigenvalue weighted by atomic mass is 9.99. The van der Waals surface area contributed by atoms with Crippen LogP contribution in [0.3, 0.4) is 0 Å². The molecule has 1 amide bonds. The van der Waals surface area contributed by atoms with Crippen LogP contribution in [-0.2, 0) is 22.5 Å². The number of benzene rings is 1. The molecule has 1 aromatic carbocycles. The zero-order valence-corrected chi connectivity index (χ0v) is 15.3. The number of carbonyl (C=O) groups excluding carboxylic acids is 1. The van der Waals surface area contributed by atoms with Crippen molar-refractivity contribution in [1.29, 1.82) is 0 Å². The Labute approximate surface area is 153 Å². The summed E-state index contributed by atoms with van der Waals surface area (Å²) in [5, 5.41) is 0. The van der Waals surface area contributed by atoms with Gasteiger partial charge >= 0.3 is 0 Å². The van der Waals surface area contributed by atoms with Gasteiger partial charge in [-0.3, -0.25) is 4.79 Å². The van der Waals surface area contributed by atoms with Crippen LogP contribution in [-0.4, -0.2) is 53.1 Å². The summed E-state index contributed by atoms with van der Waals surface area (Å²) in [5.74, 6) is 0.982. The van der Waals surface area contributed by atoms with E-state index in [1.54, 1.807) is 6.33 Å². The molecular formula is C20H24N4O2. The average Bonchev–Trinajstić information content (AvgIpc) is 2.69. The highest BCUT2D eigenvalue weighted by Gasteiger charge is 2.32. The largest absolute Gasteiger partial charge is 0.365 e. The molecule has 2 aromatic rings. The van der Waals surface area contributed by atoms with Crippen LogP contribution in [0.5, 0.6) is 0 Å². The molecule has 1 saturated heterocycles. The summed E-state index contributed by atoms with van der Waals surface area (Å²) in [7, 11) is 0. The lowest BCUT2D eigenvalue weighted by molar-refractivity contribution is -0.145. The number of ether oxygens (including phenoxy) is 1. The number of hydrogen-bond acceptors (Lipinski definition) is 5. The molecule has 1 fully saturated rings. The second-order valence-electron chi connectivity index (χ2n) is 6.99. The van der Waals surface area contributed by atoms with Crippen LogP contribution in [0.25, 0.3) is 0 Å². The molecule has 0 bridgehead atoms. The Kier molecular flexibility index (Phi) is 4.59. The molecule has 6 nitrogen and oxygen atoms in total. The van der Waals surface area contributed by atoms with Crippen LogP contribution in [0.2, 0.25) is 0 Å². The third-order valence-electron chi connectivity index (χ3n) is 5.39. The number of fused-ring (bicyclic) bond motifs is 1. The summed E-state index contributed by atoms with van der Waals surface area (Å²) in [4.78, 5) is 25.8. The highest BCUT2D eigenvalue weighted by atomic mass is 16.5. The van der Waals surface area contributed by atoms with Crippen molar-refractivity contribution in [2.24, 2.45) is 0 Å². The monoisotopic (exact) mass is 352 g/mol. The standard InChI is InChI=1S/C20H24N4O2/c1-14-15(2)21-13-22-19(14)23-9-10-26-18(12-23)20(25)24-8-7-16-5-3-4-6-17(16)11-24/h3-6,13,18H,7-12H2,1-2H3. The smallest absolute Gasteiger partial charge is 0.253 e. The van der Waals surface area contributed by atoms with Crippen molar-refractivity contribution in [2.45, 2.75) is 32.9 Å². The van der Waals surface area contributed by atoms with Crippen molar-refractivity contribution >= 4 is 11.7 Å². The van der Waals surface area contributed by atoms with Gasteiger partial charge in [0, 0.05) is 30.9 Å². The van der Waals surface area contributed by atoms with Gasteiger partial charge in [-0.15, -0.1) is 0 Å². The van der Waals surface area contributed by atoms with Crippen LogP contribution < -0.4 is 4.90 Å². The summed E-state index contributed by atoms with van der Waals surface area (Å²) < 4.78 is 5.83. The van der Waals surface area contributed by atoms with E-state index < -0.39 is 6.10 Å². The third-order valence-corrected chi connectivity index (χ3v) is 5.39. The number of anilines is 1. The van der Waals surface area contributed by atoms with Crippen LogP contribution in [0.4, 0.5) is 5.82 Å². The Hall–Kier alpha value is -2.47. The van der Waals surface area contributed by atoms with Gasteiger partial charge in [-0.1, -0.05) is 24.3 Å². The minimum Gasteiger partial charge on any atom is -0.365 e. The second kappa shape index (κ2) is 7.03. The SMILES string of the molecule is Cc1ncnc(N2CCOC(C(=O)N3CCc4ccccc4C3)C2)c1C. The minimum atomic E-state index is -0.441. The predicted molar refractivity (Wildman–Crippen MR) is 99.0 cm³/mol. The molecular weight excluding hydrogens is 328 g/mol. The highest BCUT2D eigenvalue weighted by molar-refractivity contribution is 5.82. The maximum absolute atomic E-state index is 13.0. The van der Waals surface area contributed by atoms with Crippen molar-refractivity contribution in [1.82, 2.24) is 14.9 Å². The van der Waals surface area contributed by atoms with Crippen molar-refractivity contribution in [3.05, 3.63) is 53.0 Å². The first-order chi connectivity index (χ1) is 12.6. The molecule has 136 valence electrons. The van der Waals surface area contributed by atoms with Gasteiger partial charge in [-0.2, -0.15) is 0 Å². The summed E-state index contributed by atoms with van der Waals surface area (Å²) >= 11 is 0. The Morgan fingerprint density at radius 3 is 2.81 bits per heavy atom. The lowest BCUT2D eigenvalue weighted by Gasteiger charge is -2.37. The van der Waals surface area contributed by atoms with Gasteiger partial charge in [0.15, 0.2) is 6.10 Å². The Balaban J connectivity index is 1.48. The first-order valence-corrected chi connectivity index (χ1v) is 9.14. The van der Waals surface area contributed by atoms with Gasteiger partial charge in [-0.25, -0.2) is 9.97 Å². The molecule has 4 rings (SSSR count). The zero-order chi connectivity index (χ0) is 18.1. The van der Waals surface area contributed by atoms with Crippen molar-refractivity contribution < 1.29 is 9.53 Å². The van der Waals surface area contributed by atoms with Crippen LogP contribution in [0, 0.1) is 13.8 Å². The van der Waals surface area contributed by atoms with Crippen molar-refractivity contribution in [3.63, 3.8) is 0 Å². The molecule has 1 unspecified atom stereocenters. The molecule has 0 aliphatic carbocycles. The van der Waals surface area contributed by atoms with E-state index in [2.05, 4.69) is 33.1 Å². The molecule has 26 heavy (non-hydrogen) atoms. The normalized spacial score (nSPS) is 20.0. The van der Waals surface area contributed by atoms with Gasteiger partial charge in [0.25, 0.3) is 5.91 Å². The highest BCUT2D eigenvalue weighted by Crippen LogP contribution is 2.23. The molecule has 0 spiro atoms. The number of aromatic nitrogens is 2. The van der Waals surface area contributed by atoms with E-state index in [1.807, 2.05) is 24.8 Å². The summed E-state index contributed by atoms with van der Waals surface area (Å²) in [5.41, 5.74) is 4.61. The number of amides is 1. The Bertz CT molecular complexity index is 823. The maximum Gasteiger partial charge on any atom is 0.253 e. The number of morpholine rings is 1. The number of carbonyl (C=O) groups is 1. The third kappa shape index (κ3) is 3.17. The quantitative estimate of drug-likeness (QED) is 0.826. The van der Waals surface area contributed by atoms with E-state index >= 15 is 0 Å². The van der Waals surface area contributed by atoms with Crippen molar-refractivity contribution in [3.8, 4) is 0 Å². The topological polar surface area (TPSA) is 58.6 Å². The van der Waals surface area contributed by atoms with Gasteiger partial charge in [0.05, 0.1) is 13.2 Å². The maximum atomic E-state index is 13.0. The van der Waals surface area contributed by atoms with Crippen molar-refractivity contribution in [2.75, 3.05) is 31.1 Å². The van der Waals surface area contributed by atoms with E-state index in [0.29, 0.717) is 19.7 Å². The molecule has 2 aliphatic heterocycles. The average molecular weight is 352 g/mol. The van der Waals surface area contributed by atoms with Crippen LogP contribution in [0.1, 0.15) is 22.4 Å². The molecule has 3 heterocycles. The number of nitrogens with zero attached hydrogens (tertiary/aromatic N) is 4. The summed E-state index contributed by atoms with van der Waals surface area (Å²) in [6, 6.07) is 8.35. The van der Waals surface area contributed by atoms with Gasteiger partial charge in [0.1, 0.15) is 12.1 Å². The van der Waals surface area contributed by atoms with E-state index in [-0.39, 0.29) is 5.91 Å². The fraction of sp³-hybridized carbons (Fsp3) is 0.450. The molecule has 0 saturated carbocycles. The van der Waals surface area contributed by atoms with E-state index in [9.17, 15) is 4.79 Å². The number of aryl methyl sites for hydroxylation is 1. The Morgan fingerprint density at radius 1 is 1.15 bits per heavy atom. The molecule has 1 aromatic heterocycles. The van der Waals surface area contributed by atoms with Gasteiger partial charge < -0.3 is 14.5 Å². The number of rotatable bonds is 2. The van der Waals surface area contributed by atoms with Crippen LogP contribution in [0.15, 0.2) is 30.6 Å². The van der Waals surface area contributed by atoms with Gasteiger partial charge in [-0.05, 0) is 31.4 Å². The molecule has 6 heteroatoms. The molecule has 0 radical (unpaired) electrons. The molecule has 2 aliphatic rings. The van der Waals surface area contributed by atoms with E-state index in [1.165, 1.54) is 11.1 Å². The van der Waals surface area contributed by atoms with Crippen LogP contribution >= 0.6 is 0 Å². The molecule has 1 atom stereocenters. The first-order valence-electron chi connectivity index (χ1n) is 9.14. The number of hydrogen-bond donors (Lipinski definition) is 0. The summed E-state index contributed by atoms with van der Waals surface area (Å²) in [6.07, 6.45) is 2.05. The summed E-state index contributed by atoms with van der Waals surface area (Å²) in [6.45, 7) is 7.23. The minimum absolute atomic E-state index is 0.0765. The van der Waals surface area contributed by atoms with E-state index in [4.69, 9.17) is 4.74 Å². The van der Waals surface area contributed by atoms with Gasteiger partial charge in [0.2, 0.25) is 0 Å². The fourth-order valence-electron chi connectivity index (χ4n) is 3.72. The predicted octanol–water partition coefficient (Wildman–Crippen LogP) is 1.88. The first kappa shape index (κ1) is 17.0.